The molecular formula is C24H23NO. The van der Waals surface area contributed by atoms with E-state index in [2.05, 4.69) is 77.8 Å². The van der Waals surface area contributed by atoms with Crippen LogP contribution in [0.3, 0.4) is 0 Å². The minimum absolute atomic E-state index is 0.554. The quantitative estimate of drug-likeness (QED) is 0.563. The van der Waals surface area contributed by atoms with Crippen LogP contribution in [0.1, 0.15) is 29.5 Å². The molecule has 0 unspecified atom stereocenters. The minimum Gasteiger partial charge on any atom is -0.355 e. The summed E-state index contributed by atoms with van der Waals surface area (Å²) in [6, 6.07) is 31.5. The summed E-state index contributed by atoms with van der Waals surface area (Å²) >= 11 is 0. The Morgan fingerprint density at radius 1 is 0.692 bits per heavy atom. The lowest BCUT2D eigenvalue weighted by molar-refractivity contribution is 0.0383. The first-order valence-corrected chi connectivity index (χ1v) is 9.22. The monoisotopic (exact) mass is 341 g/mol. The Balaban J connectivity index is 1.87. The second-order valence-electron chi connectivity index (χ2n) is 6.62. The molecule has 0 spiro atoms. The first kappa shape index (κ1) is 16.7. The Morgan fingerprint density at radius 2 is 1.15 bits per heavy atom. The highest BCUT2D eigenvalue weighted by Gasteiger charge is 2.37. The van der Waals surface area contributed by atoms with Gasteiger partial charge in [0.15, 0.2) is 0 Å². The van der Waals surface area contributed by atoms with Gasteiger partial charge in [0, 0.05) is 12.3 Å². The van der Waals surface area contributed by atoms with E-state index < -0.39 is 5.60 Å². The van der Waals surface area contributed by atoms with E-state index in [4.69, 9.17) is 4.74 Å². The second kappa shape index (κ2) is 7.67. The Bertz CT molecular complexity index is 760. The van der Waals surface area contributed by atoms with Crippen molar-refractivity contribution >= 4 is 5.71 Å². The van der Waals surface area contributed by atoms with E-state index in [1.165, 1.54) is 0 Å². The van der Waals surface area contributed by atoms with Gasteiger partial charge in [-0.1, -0.05) is 91.0 Å². The van der Waals surface area contributed by atoms with Gasteiger partial charge in [0.05, 0.1) is 6.61 Å². The molecule has 0 saturated heterocycles. The number of rotatable bonds is 6. The molecule has 0 fully saturated rings. The van der Waals surface area contributed by atoms with Gasteiger partial charge in [-0.2, -0.15) is 0 Å². The number of hydrogen-bond acceptors (Lipinski definition) is 2. The molecule has 0 N–H and O–H groups in total. The van der Waals surface area contributed by atoms with Crippen molar-refractivity contribution in [2.45, 2.75) is 18.4 Å². The zero-order valence-electron chi connectivity index (χ0n) is 14.8. The van der Waals surface area contributed by atoms with Gasteiger partial charge in [0.2, 0.25) is 0 Å². The summed E-state index contributed by atoms with van der Waals surface area (Å²) in [6.45, 7) is 1.48. The predicted octanol–water partition coefficient (Wildman–Crippen LogP) is 5.23. The van der Waals surface area contributed by atoms with Gasteiger partial charge in [0.1, 0.15) is 5.60 Å². The maximum atomic E-state index is 6.74. The fourth-order valence-corrected chi connectivity index (χ4v) is 3.68. The molecule has 0 aliphatic carbocycles. The molecule has 3 aromatic rings. The Labute approximate surface area is 155 Å². The van der Waals surface area contributed by atoms with Crippen molar-refractivity contribution in [1.29, 1.82) is 0 Å². The van der Waals surface area contributed by atoms with Crippen LogP contribution in [0.15, 0.2) is 96.0 Å². The average molecular weight is 341 g/mol. The maximum absolute atomic E-state index is 6.74. The predicted molar refractivity (Wildman–Crippen MR) is 107 cm³/mol. The second-order valence-corrected chi connectivity index (χ2v) is 6.62. The lowest BCUT2D eigenvalue weighted by Gasteiger charge is -2.36. The number of aliphatic imine (C=N–C) groups is 1. The van der Waals surface area contributed by atoms with Crippen molar-refractivity contribution in [2.24, 2.45) is 4.99 Å². The van der Waals surface area contributed by atoms with Crippen molar-refractivity contribution in [3.63, 3.8) is 0 Å². The molecule has 0 amide bonds. The summed E-state index contributed by atoms with van der Waals surface area (Å²) in [5.41, 5.74) is 3.93. The molecule has 3 aromatic carbocycles. The van der Waals surface area contributed by atoms with Crippen molar-refractivity contribution in [2.75, 3.05) is 13.2 Å². The van der Waals surface area contributed by atoms with Crippen LogP contribution in [-0.4, -0.2) is 18.9 Å². The third kappa shape index (κ3) is 3.21. The zero-order chi connectivity index (χ0) is 17.7. The molecule has 2 heteroatoms. The number of nitrogens with zero attached hydrogens (tertiary/aromatic N) is 1. The first-order valence-electron chi connectivity index (χ1n) is 9.22. The SMILES string of the molecule is c1ccc(C(OCC2=NCCC2)(c2ccccc2)c2ccccc2)cc1. The lowest BCUT2D eigenvalue weighted by Crippen LogP contribution is -2.34. The van der Waals surface area contributed by atoms with Crippen LogP contribution < -0.4 is 0 Å². The molecule has 26 heavy (non-hydrogen) atoms. The molecular weight excluding hydrogens is 318 g/mol. The van der Waals surface area contributed by atoms with Crippen LogP contribution in [0.2, 0.25) is 0 Å². The van der Waals surface area contributed by atoms with E-state index in [-0.39, 0.29) is 0 Å². The Hall–Kier alpha value is -2.71. The Kier molecular flexibility index (Phi) is 4.94. The molecule has 1 aliphatic rings. The van der Waals surface area contributed by atoms with Gasteiger partial charge in [-0.25, -0.2) is 0 Å². The van der Waals surface area contributed by atoms with Crippen molar-refractivity contribution in [3.8, 4) is 0 Å². The van der Waals surface area contributed by atoms with E-state index in [0.717, 1.165) is 41.8 Å². The molecule has 2 nitrogen and oxygen atoms in total. The number of benzene rings is 3. The highest BCUT2D eigenvalue weighted by molar-refractivity contribution is 5.87. The highest BCUT2D eigenvalue weighted by Crippen LogP contribution is 2.40. The summed E-state index contributed by atoms with van der Waals surface area (Å²) in [4.78, 5) is 4.61. The molecule has 0 aromatic heterocycles. The molecule has 0 bridgehead atoms. The van der Waals surface area contributed by atoms with Gasteiger partial charge < -0.3 is 4.74 Å². The van der Waals surface area contributed by atoms with Crippen LogP contribution in [0.25, 0.3) is 0 Å². The van der Waals surface area contributed by atoms with Crippen LogP contribution in [0.4, 0.5) is 0 Å². The van der Waals surface area contributed by atoms with Crippen molar-refractivity contribution in [3.05, 3.63) is 108 Å². The van der Waals surface area contributed by atoms with Crippen LogP contribution in [-0.2, 0) is 10.3 Å². The van der Waals surface area contributed by atoms with Crippen LogP contribution in [0.5, 0.6) is 0 Å². The van der Waals surface area contributed by atoms with E-state index in [1.807, 2.05) is 18.2 Å². The van der Waals surface area contributed by atoms with E-state index in [0.29, 0.717) is 6.61 Å². The molecule has 0 atom stereocenters. The molecule has 130 valence electrons. The standard InChI is InChI=1S/C24H23NO/c1-4-11-20(12-5-1)24(21-13-6-2-7-14-21,22-15-8-3-9-16-22)26-19-23-17-10-18-25-23/h1-9,11-16H,10,17-19H2. The summed E-state index contributed by atoms with van der Waals surface area (Å²) in [7, 11) is 0. The van der Waals surface area contributed by atoms with Crippen molar-refractivity contribution < 1.29 is 4.74 Å². The Morgan fingerprint density at radius 3 is 1.54 bits per heavy atom. The molecule has 1 aliphatic heterocycles. The molecule has 1 heterocycles. The van der Waals surface area contributed by atoms with Gasteiger partial charge in [-0.3, -0.25) is 4.99 Å². The van der Waals surface area contributed by atoms with Gasteiger partial charge in [-0.05, 0) is 29.5 Å². The fourth-order valence-electron chi connectivity index (χ4n) is 3.68. The molecule has 0 saturated carbocycles. The first-order chi connectivity index (χ1) is 12.9. The van der Waals surface area contributed by atoms with Crippen LogP contribution in [0, 0.1) is 0 Å². The summed E-state index contributed by atoms with van der Waals surface area (Å²) < 4.78 is 6.74. The topological polar surface area (TPSA) is 21.6 Å². The summed E-state index contributed by atoms with van der Waals surface area (Å²) in [6.07, 6.45) is 2.17. The third-order valence-electron chi connectivity index (χ3n) is 4.96. The highest BCUT2D eigenvalue weighted by atomic mass is 16.5. The number of ether oxygens (including phenoxy) is 1. The normalized spacial score (nSPS) is 14.2. The van der Waals surface area contributed by atoms with Gasteiger partial charge >= 0.3 is 0 Å². The van der Waals surface area contributed by atoms with Gasteiger partial charge in [-0.15, -0.1) is 0 Å². The van der Waals surface area contributed by atoms with Gasteiger partial charge in [0.25, 0.3) is 0 Å². The van der Waals surface area contributed by atoms with E-state index in [9.17, 15) is 0 Å². The number of hydrogen-bond donors (Lipinski definition) is 0. The summed E-state index contributed by atoms with van der Waals surface area (Å²) in [5.74, 6) is 0. The maximum Gasteiger partial charge on any atom is 0.144 e. The van der Waals surface area contributed by atoms with Crippen LogP contribution >= 0.6 is 0 Å². The lowest BCUT2D eigenvalue weighted by atomic mass is 9.80. The van der Waals surface area contributed by atoms with Crippen molar-refractivity contribution in [1.82, 2.24) is 0 Å². The molecule has 4 rings (SSSR count). The molecule has 0 radical (unpaired) electrons. The van der Waals surface area contributed by atoms with E-state index >= 15 is 0 Å². The minimum atomic E-state index is -0.644. The fraction of sp³-hybridized carbons (Fsp3) is 0.208. The smallest absolute Gasteiger partial charge is 0.144 e. The zero-order valence-corrected chi connectivity index (χ0v) is 14.8. The average Bonchev–Trinajstić information content (AvgIpc) is 3.25. The summed E-state index contributed by atoms with van der Waals surface area (Å²) in [5, 5.41) is 0. The van der Waals surface area contributed by atoms with E-state index in [1.54, 1.807) is 0 Å². The third-order valence-corrected chi connectivity index (χ3v) is 4.96. The largest absolute Gasteiger partial charge is 0.355 e.